The van der Waals surface area contributed by atoms with E-state index in [1.807, 2.05) is 55.5 Å². The topological polar surface area (TPSA) is 109 Å². The van der Waals surface area contributed by atoms with Crippen LogP contribution in [0.1, 0.15) is 29.9 Å². The molecule has 0 radical (unpaired) electrons. The zero-order valence-electron chi connectivity index (χ0n) is 18.0. The first kappa shape index (κ1) is 23.3. The summed E-state index contributed by atoms with van der Waals surface area (Å²) < 4.78 is 8.32. The molecule has 1 aliphatic rings. The van der Waals surface area contributed by atoms with Gasteiger partial charge in [0, 0.05) is 20.0 Å². The van der Waals surface area contributed by atoms with Crippen LogP contribution in [0.4, 0.5) is 5.69 Å². The monoisotopic (exact) mass is 454 g/mol. The predicted octanol–water partition coefficient (Wildman–Crippen LogP) is 2.60. The Morgan fingerprint density at radius 1 is 1.16 bits per heavy atom. The molecule has 9 heteroatoms. The van der Waals surface area contributed by atoms with Crippen molar-refractivity contribution < 1.29 is 19.1 Å². The van der Waals surface area contributed by atoms with Crippen LogP contribution in [0.2, 0.25) is 0 Å². The van der Waals surface area contributed by atoms with E-state index in [0.29, 0.717) is 6.42 Å². The van der Waals surface area contributed by atoms with Crippen molar-refractivity contribution in [2.24, 2.45) is 4.99 Å². The van der Waals surface area contributed by atoms with E-state index in [2.05, 4.69) is 20.3 Å². The lowest BCUT2D eigenvalue weighted by Crippen LogP contribution is -2.41. The minimum absolute atomic E-state index is 0.0588. The van der Waals surface area contributed by atoms with Crippen molar-refractivity contribution >= 4 is 41.3 Å². The highest BCUT2D eigenvalue weighted by Crippen LogP contribution is 2.32. The largest absolute Gasteiger partial charge is 0.465 e. The van der Waals surface area contributed by atoms with Crippen molar-refractivity contribution in [3.05, 3.63) is 59.7 Å². The minimum atomic E-state index is -0.674. The molecule has 2 amide bonds. The molecule has 1 unspecified atom stereocenters. The second-order valence-electron chi connectivity index (χ2n) is 7.25. The van der Waals surface area contributed by atoms with Crippen LogP contribution in [-0.2, 0) is 19.1 Å². The molecule has 32 heavy (non-hydrogen) atoms. The van der Waals surface area contributed by atoms with Crippen LogP contribution in [0.15, 0.2) is 58.4 Å². The van der Waals surface area contributed by atoms with Gasteiger partial charge in [0.2, 0.25) is 11.7 Å². The summed E-state index contributed by atoms with van der Waals surface area (Å²) in [5, 5.41) is 5.31. The molecule has 168 valence electrons. The van der Waals surface area contributed by atoms with Gasteiger partial charge in [-0.15, -0.1) is 0 Å². The van der Waals surface area contributed by atoms with Crippen LogP contribution >= 0.6 is 11.9 Å². The molecular formula is C23H26N4O4S. The maximum absolute atomic E-state index is 12.7. The van der Waals surface area contributed by atoms with E-state index < -0.39 is 17.8 Å². The first-order chi connectivity index (χ1) is 15.5. The Labute approximate surface area is 191 Å². The van der Waals surface area contributed by atoms with Crippen LogP contribution < -0.4 is 15.4 Å². The molecule has 0 spiro atoms. The van der Waals surface area contributed by atoms with E-state index in [1.54, 1.807) is 7.05 Å². The highest BCUT2D eigenvalue weighted by Gasteiger charge is 2.25. The van der Waals surface area contributed by atoms with E-state index in [-0.39, 0.29) is 31.3 Å². The zero-order chi connectivity index (χ0) is 22.9. The third kappa shape index (κ3) is 6.34. The summed E-state index contributed by atoms with van der Waals surface area (Å²) in [6.07, 6.45) is 0.705. The number of fused-ring (bicyclic) bond motifs is 1. The van der Waals surface area contributed by atoms with Crippen molar-refractivity contribution in [1.82, 2.24) is 15.4 Å². The van der Waals surface area contributed by atoms with E-state index >= 15 is 0 Å². The zero-order valence-corrected chi connectivity index (χ0v) is 18.8. The second kappa shape index (κ2) is 11.3. The van der Waals surface area contributed by atoms with Crippen molar-refractivity contribution in [2.45, 2.75) is 30.6 Å². The summed E-state index contributed by atoms with van der Waals surface area (Å²) in [5.41, 5.74) is 2.57. The Balaban J connectivity index is 1.62. The number of benzene rings is 2. The summed E-state index contributed by atoms with van der Waals surface area (Å²) in [6.45, 7) is 2.18. The Morgan fingerprint density at radius 2 is 1.94 bits per heavy atom. The SMILES string of the molecule is CNC(=O)CCCOC(=O)C(CNC(=O)C1=Nc2ccc(C)cc2SN1)c1ccccc1. The van der Waals surface area contributed by atoms with Crippen LogP contribution in [0.25, 0.3) is 0 Å². The minimum Gasteiger partial charge on any atom is -0.465 e. The molecular weight excluding hydrogens is 428 g/mol. The van der Waals surface area contributed by atoms with Crippen LogP contribution in [-0.4, -0.2) is 43.8 Å². The lowest BCUT2D eigenvalue weighted by molar-refractivity contribution is -0.146. The number of carbonyl (C=O) groups is 3. The summed E-state index contributed by atoms with van der Waals surface area (Å²) in [6, 6.07) is 14.9. The molecule has 8 nitrogen and oxygen atoms in total. The molecule has 0 saturated heterocycles. The Hall–Kier alpha value is -3.33. The molecule has 3 N–H and O–H groups in total. The number of carbonyl (C=O) groups excluding carboxylic acids is 3. The average Bonchev–Trinajstić information content (AvgIpc) is 2.81. The van der Waals surface area contributed by atoms with Gasteiger partial charge in [0.1, 0.15) is 0 Å². The van der Waals surface area contributed by atoms with Gasteiger partial charge in [-0.1, -0.05) is 36.4 Å². The summed E-state index contributed by atoms with van der Waals surface area (Å²) >= 11 is 1.33. The molecule has 0 aromatic heterocycles. The number of aryl methyl sites for hydroxylation is 1. The number of nitrogens with one attached hydrogen (secondary N) is 3. The van der Waals surface area contributed by atoms with Gasteiger partial charge in [0.05, 0.1) is 23.1 Å². The lowest BCUT2D eigenvalue weighted by atomic mass is 9.99. The highest BCUT2D eigenvalue weighted by molar-refractivity contribution is 7.98. The Morgan fingerprint density at radius 3 is 2.69 bits per heavy atom. The first-order valence-electron chi connectivity index (χ1n) is 10.3. The molecule has 0 saturated carbocycles. The molecule has 2 aromatic carbocycles. The average molecular weight is 455 g/mol. The van der Waals surface area contributed by atoms with Gasteiger partial charge in [-0.25, -0.2) is 4.99 Å². The number of aliphatic imine (C=N–C) groups is 1. The predicted molar refractivity (Wildman–Crippen MR) is 124 cm³/mol. The molecule has 1 heterocycles. The number of esters is 1. The summed E-state index contributed by atoms with van der Waals surface area (Å²) in [7, 11) is 1.56. The van der Waals surface area contributed by atoms with Gasteiger partial charge in [-0.3, -0.25) is 14.4 Å². The maximum Gasteiger partial charge on any atom is 0.315 e. The molecule has 0 bridgehead atoms. The smallest absolute Gasteiger partial charge is 0.315 e. The second-order valence-corrected chi connectivity index (χ2v) is 8.10. The lowest BCUT2D eigenvalue weighted by Gasteiger charge is -2.19. The molecule has 1 atom stereocenters. The van der Waals surface area contributed by atoms with E-state index in [4.69, 9.17) is 4.74 Å². The number of nitrogens with zero attached hydrogens (tertiary/aromatic N) is 1. The van der Waals surface area contributed by atoms with Gasteiger partial charge < -0.3 is 20.1 Å². The van der Waals surface area contributed by atoms with Crippen LogP contribution in [0.5, 0.6) is 0 Å². The quantitative estimate of drug-likeness (QED) is 0.305. The number of amidine groups is 1. The van der Waals surface area contributed by atoms with Crippen molar-refractivity contribution in [2.75, 3.05) is 20.2 Å². The van der Waals surface area contributed by atoms with Crippen molar-refractivity contribution in [3.8, 4) is 0 Å². The fourth-order valence-electron chi connectivity index (χ4n) is 3.07. The van der Waals surface area contributed by atoms with Gasteiger partial charge in [0.15, 0.2) is 0 Å². The fraction of sp³-hybridized carbons (Fsp3) is 0.304. The molecule has 3 rings (SSSR count). The van der Waals surface area contributed by atoms with Crippen LogP contribution in [0.3, 0.4) is 0 Å². The van der Waals surface area contributed by atoms with E-state index in [0.717, 1.165) is 21.7 Å². The molecule has 0 fully saturated rings. The maximum atomic E-state index is 12.7. The van der Waals surface area contributed by atoms with Gasteiger partial charge >= 0.3 is 5.97 Å². The normalized spacial score (nSPS) is 13.1. The van der Waals surface area contributed by atoms with Gasteiger partial charge in [-0.05, 0) is 48.6 Å². The van der Waals surface area contributed by atoms with Crippen molar-refractivity contribution in [3.63, 3.8) is 0 Å². The first-order valence-corrected chi connectivity index (χ1v) is 11.1. The molecule has 1 aliphatic heterocycles. The van der Waals surface area contributed by atoms with Gasteiger partial charge in [-0.2, -0.15) is 0 Å². The Bertz CT molecular complexity index is 1010. The van der Waals surface area contributed by atoms with E-state index in [9.17, 15) is 14.4 Å². The number of hydrogen-bond donors (Lipinski definition) is 3. The number of hydrogen-bond acceptors (Lipinski definition) is 7. The number of rotatable bonds is 9. The van der Waals surface area contributed by atoms with Crippen molar-refractivity contribution in [1.29, 1.82) is 0 Å². The molecule has 0 aliphatic carbocycles. The van der Waals surface area contributed by atoms with E-state index in [1.165, 1.54) is 11.9 Å². The molecule has 2 aromatic rings. The van der Waals surface area contributed by atoms with Crippen LogP contribution in [0, 0.1) is 6.92 Å². The highest BCUT2D eigenvalue weighted by atomic mass is 32.2. The van der Waals surface area contributed by atoms with Gasteiger partial charge in [0.25, 0.3) is 5.91 Å². The standard InChI is InChI=1S/C23H26N4O4S/c1-15-10-11-18-19(13-15)32-27-21(26-18)22(29)25-14-17(16-7-4-3-5-8-16)23(30)31-12-6-9-20(28)24-2/h3-5,7-8,10-11,13,17H,6,9,12,14H2,1-2H3,(H,24,28)(H,25,29)(H,26,27). The third-order valence-corrected chi connectivity index (χ3v) is 5.69. The summed E-state index contributed by atoms with van der Waals surface area (Å²) in [4.78, 5) is 42.1. The fourth-order valence-corrected chi connectivity index (χ4v) is 3.88. The third-order valence-electron chi connectivity index (χ3n) is 4.84. The number of ether oxygens (including phenoxy) is 1. The summed E-state index contributed by atoms with van der Waals surface area (Å²) in [5.74, 6) is -1.47. The number of amides is 2. The Kier molecular flexibility index (Phi) is 8.27.